The standard InChI is InChI=1S/C11H15N3O3/c12-7-5-9(11(16)17)10(13-6-7)14(3-4-15)8-1-2-8/h5-6,8,15H,1-4,12H2,(H,16,17). The second kappa shape index (κ2) is 4.58. The van der Waals surface area contributed by atoms with Crippen molar-refractivity contribution >= 4 is 17.5 Å². The molecule has 2 rings (SSSR count). The van der Waals surface area contributed by atoms with Crippen LogP contribution in [-0.4, -0.2) is 40.4 Å². The van der Waals surface area contributed by atoms with Crippen LogP contribution in [0.5, 0.6) is 0 Å². The first-order valence-electron chi connectivity index (χ1n) is 5.49. The molecule has 1 aliphatic carbocycles. The van der Waals surface area contributed by atoms with Crippen molar-refractivity contribution in [2.75, 3.05) is 23.8 Å². The molecule has 0 aromatic carbocycles. The van der Waals surface area contributed by atoms with Crippen LogP contribution in [0.3, 0.4) is 0 Å². The summed E-state index contributed by atoms with van der Waals surface area (Å²) >= 11 is 0. The average molecular weight is 237 g/mol. The molecule has 0 amide bonds. The van der Waals surface area contributed by atoms with Gasteiger partial charge in [0.2, 0.25) is 0 Å². The quantitative estimate of drug-likeness (QED) is 0.682. The molecule has 17 heavy (non-hydrogen) atoms. The van der Waals surface area contributed by atoms with Gasteiger partial charge in [0.25, 0.3) is 0 Å². The lowest BCUT2D eigenvalue weighted by Crippen LogP contribution is -2.31. The molecule has 0 spiro atoms. The molecule has 0 unspecified atom stereocenters. The Kier molecular flexibility index (Phi) is 3.14. The van der Waals surface area contributed by atoms with Crippen LogP contribution in [0.15, 0.2) is 12.3 Å². The SMILES string of the molecule is Nc1cnc(N(CCO)C2CC2)c(C(=O)O)c1. The van der Waals surface area contributed by atoms with Crippen LogP contribution >= 0.6 is 0 Å². The van der Waals surface area contributed by atoms with Gasteiger partial charge >= 0.3 is 5.97 Å². The monoisotopic (exact) mass is 237 g/mol. The van der Waals surface area contributed by atoms with Crippen molar-refractivity contribution in [1.29, 1.82) is 0 Å². The minimum Gasteiger partial charge on any atom is -0.478 e. The number of anilines is 2. The second-order valence-corrected chi connectivity index (χ2v) is 4.09. The van der Waals surface area contributed by atoms with Gasteiger partial charge < -0.3 is 20.8 Å². The van der Waals surface area contributed by atoms with Crippen LogP contribution in [0, 0.1) is 0 Å². The summed E-state index contributed by atoms with van der Waals surface area (Å²) in [6.07, 6.45) is 3.45. The van der Waals surface area contributed by atoms with E-state index in [2.05, 4.69) is 4.98 Å². The van der Waals surface area contributed by atoms with Crippen LogP contribution < -0.4 is 10.6 Å². The van der Waals surface area contributed by atoms with E-state index in [1.807, 2.05) is 4.90 Å². The summed E-state index contributed by atoms with van der Waals surface area (Å²) in [4.78, 5) is 17.1. The van der Waals surface area contributed by atoms with E-state index < -0.39 is 5.97 Å². The average Bonchev–Trinajstić information content (AvgIpc) is 3.10. The van der Waals surface area contributed by atoms with E-state index in [4.69, 9.17) is 15.9 Å². The Bertz CT molecular complexity index is 432. The van der Waals surface area contributed by atoms with E-state index in [-0.39, 0.29) is 18.2 Å². The molecule has 0 radical (unpaired) electrons. The number of pyridine rings is 1. The highest BCUT2D eigenvalue weighted by Crippen LogP contribution is 2.32. The zero-order chi connectivity index (χ0) is 12.4. The van der Waals surface area contributed by atoms with Gasteiger partial charge in [-0.2, -0.15) is 0 Å². The number of nitrogen functional groups attached to an aromatic ring is 1. The minimum absolute atomic E-state index is 0.0262. The highest BCUT2D eigenvalue weighted by atomic mass is 16.4. The molecular weight excluding hydrogens is 222 g/mol. The van der Waals surface area contributed by atoms with Gasteiger partial charge in [-0.15, -0.1) is 0 Å². The molecule has 1 aliphatic rings. The predicted octanol–water partition coefficient (Wildman–Crippen LogP) is 0.323. The lowest BCUT2D eigenvalue weighted by molar-refractivity contribution is 0.0697. The number of aromatic carboxylic acids is 1. The molecule has 0 aliphatic heterocycles. The number of hydrogen-bond acceptors (Lipinski definition) is 5. The van der Waals surface area contributed by atoms with Crippen molar-refractivity contribution in [3.05, 3.63) is 17.8 Å². The van der Waals surface area contributed by atoms with Gasteiger partial charge in [-0.05, 0) is 18.9 Å². The summed E-state index contributed by atoms with van der Waals surface area (Å²) in [6.45, 7) is 0.365. The first kappa shape index (κ1) is 11.7. The molecule has 1 fully saturated rings. The van der Waals surface area contributed by atoms with Crippen LogP contribution in [-0.2, 0) is 0 Å². The highest BCUT2D eigenvalue weighted by molar-refractivity contribution is 5.94. The van der Waals surface area contributed by atoms with Crippen LogP contribution in [0.25, 0.3) is 0 Å². The summed E-state index contributed by atoms with van der Waals surface area (Å²) in [7, 11) is 0. The Hall–Kier alpha value is -1.82. The molecule has 0 atom stereocenters. The van der Waals surface area contributed by atoms with Crippen molar-refractivity contribution in [3.8, 4) is 0 Å². The van der Waals surface area contributed by atoms with Crippen LogP contribution in [0.2, 0.25) is 0 Å². The number of carboxylic acids is 1. The third-order valence-corrected chi connectivity index (χ3v) is 2.72. The number of aliphatic hydroxyl groups is 1. The Morgan fingerprint density at radius 3 is 2.82 bits per heavy atom. The van der Waals surface area contributed by atoms with Gasteiger partial charge in [0.1, 0.15) is 11.4 Å². The maximum atomic E-state index is 11.1. The van der Waals surface area contributed by atoms with Gasteiger partial charge in [0, 0.05) is 12.6 Å². The minimum atomic E-state index is -1.05. The van der Waals surface area contributed by atoms with E-state index in [0.29, 0.717) is 18.1 Å². The number of rotatable bonds is 5. The Morgan fingerprint density at radius 1 is 1.59 bits per heavy atom. The molecule has 1 aromatic rings. The van der Waals surface area contributed by atoms with Crippen LogP contribution in [0.1, 0.15) is 23.2 Å². The zero-order valence-corrected chi connectivity index (χ0v) is 9.33. The fourth-order valence-electron chi connectivity index (χ4n) is 1.82. The van der Waals surface area contributed by atoms with Gasteiger partial charge in [0.05, 0.1) is 18.5 Å². The Labute approximate surface area is 98.7 Å². The third kappa shape index (κ3) is 2.47. The number of nitrogens with zero attached hydrogens (tertiary/aromatic N) is 2. The molecule has 1 heterocycles. The summed E-state index contributed by atoms with van der Waals surface area (Å²) in [6, 6.07) is 1.69. The number of aromatic nitrogens is 1. The topological polar surface area (TPSA) is 99.7 Å². The Balaban J connectivity index is 2.37. The lowest BCUT2D eigenvalue weighted by atomic mass is 10.2. The lowest BCUT2D eigenvalue weighted by Gasteiger charge is -2.23. The van der Waals surface area contributed by atoms with Crippen molar-refractivity contribution in [3.63, 3.8) is 0 Å². The van der Waals surface area contributed by atoms with Crippen molar-refractivity contribution in [2.24, 2.45) is 0 Å². The van der Waals surface area contributed by atoms with E-state index >= 15 is 0 Å². The van der Waals surface area contributed by atoms with E-state index in [0.717, 1.165) is 12.8 Å². The number of nitrogens with two attached hydrogens (primary N) is 1. The molecule has 0 bridgehead atoms. The van der Waals surface area contributed by atoms with Crippen molar-refractivity contribution < 1.29 is 15.0 Å². The number of carboxylic acid groups (broad SMARTS) is 1. The number of carbonyl (C=O) groups is 1. The van der Waals surface area contributed by atoms with Gasteiger partial charge in [0.15, 0.2) is 0 Å². The van der Waals surface area contributed by atoms with E-state index in [1.54, 1.807) is 0 Å². The molecule has 0 saturated heterocycles. The van der Waals surface area contributed by atoms with Gasteiger partial charge in [-0.3, -0.25) is 0 Å². The normalized spacial score (nSPS) is 14.6. The molecule has 92 valence electrons. The fourth-order valence-corrected chi connectivity index (χ4v) is 1.82. The third-order valence-electron chi connectivity index (χ3n) is 2.72. The maximum absolute atomic E-state index is 11.1. The summed E-state index contributed by atoms with van der Waals surface area (Å²) in [5.41, 5.74) is 5.95. The molecule has 1 saturated carbocycles. The zero-order valence-electron chi connectivity index (χ0n) is 9.33. The Morgan fingerprint density at radius 2 is 2.29 bits per heavy atom. The summed E-state index contributed by atoms with van der Waals surface area (Å²) in [5.74, 6) is -0.661. The molecule has 1 aromatic heterocycles. The molecule has 6 nitrogen and oxygen atoms in total. The first-order valence-corrected chi connectivity index (χ1v) is 5.49. The fraction of sp³-hybridized carbons (Fsp3) is 0.455. The van der Waals surface area contributed by atoms with E-state index in [9.17, 15) is 4.79 Å². The molecule has 6 heteroatoms. The van der Waals surface area contributed by atoms with E-state index in [1.165, 1.54) is 12.3 Å². The van der Waals surface area contributed by atoms with Gasteiger partial charge in [-0.25, -0.2) is 9.78 Å². The maximum Gasteiger partial charge on any atom is 0.339 e. The highest BCUT2D eigenvalue weighted by Gasteiger charge is 2.32. The summed E-state index contributed by atoms with van der Waals surface area (Å²) < 4.78 is 0. The number of aliphatic hydroxyl groups excluding tert-OH is 1. The summed E-state index contributed by atoms with van der Waals surface area (Å²) in [5, 5.41) is 18.1. The predicted molar refractivity (Wildman–Crippen MR) is 63.1 cm³/mol. The largest absolute Gasteiger partial charge is 0.478 e. The number of hydrogen-bond donors (Lipinski definition) is 3. The first-order chi connectivity index (χ1) is 8.13. The smallest absolute Gasteiger partial charge is 0.339 e. The van der Waals surface area contributed by atoms with Crippen molar-refractivity contribution in [2.45, 2.75) is 18.9 Å². The molecular formula is C11H15N3O3. The van der Waals surface area contributed by atoms with Crippen LogP contribution in [0.4, 0.5) is 11.5 Å². The van der Waals surface area contributed by atoms with Crippen molar-refractivity contribution in [1.82, 2.24) is 4.98 Å². The second-order valence-electron chi connectivity index (χ2n) is 4.09. The molecule has 4 N–H and O–H groups in total. The van der Waals surface area contributed by atoms with Gasteiger partial charge in [-0.1, -0.05) is 0 Å².